The van der Waals surface area contributed by atoms with Crippen molar-refractivity contribution in [2.24, 2.45) is 50.2 Å². The van der Waals surface area contributed by atoms with Gasteiger partial charge in [-0.2, -0.15) is 0 Å². The maximum atomic E-state index is 14.9. The number of methoxy groups -OCH3 is 1. The van der Waals surface area contributed by atoms with Crippen molar-refractivity contribution in [3.05, 3.63) is 11.6 Å². The number of aliphatic hydroxyl groups excluding tert-OH is 14. The quantitative estimate of drug-likeness (QED) is 0.0489. The molecule has 0 radical (unpaired) electrons. The van der Waals surface area contributed by atoms with Gasteiger partial charge in [0.05, 0.1) is 57.1 Å². The van der Waals surface area contributed by atoms with Crippen LogP contribution >= 0.6 is 0 Å². The topological polar surface area (TPSA) is 400 Å². The Morgan fingerprint density at radius 1 is 0.582 bits per heavy atom. The van der Waals surface area contributed by atoms with Crippen LogP contribution in [0.25, 0.3) is 0 Å². The minimum atomic E-state index is -1.92. The van der Waals surface area contributed by atoms with Gasteiger partial charge in [0.1, 0.15) is 91.6 Å². The van der Waals surface area contributed by atoms with E-state index in [0.717, 1.165) is 5.57 Å². The van der Waals surface area contributed by atoms with E-state index in [2.05, 4.69) is 26.8 Å². The second-order valence-corrected chi connectivity index (χ2v) is 25.6. The van der Waals surface area contributed by atoms with Crippen LogP contribution in [0.4, 0.5) is 0 Å². The molecule has 5 aliphatic carbocycles. The summed E-state index contributed by atoms with van der Waals surface area (Å²) in [7, 11) is 1.34. The van der Waals surface area contributed by atoms with Crippen LogP contribution in [-0.4, -0.2) is 246 Å². The number of ether oxygens (including phenoxy) is 9. The van der Waals surface area contributed by atoms with Crippen LogP contribution in [0.2, 0.25) is 0 Å². The van der Waals surface area contributed by atoms with Crippen molar-refractivity contribution >= 4 is 11.9 Å². The highest BCUT2D eigenvalue weighted by Gasteiger charge is 2.71. The third-order valence-corrected chi connectivity index (χ3v) is 21.7. The molecule has 0 unspecified atom stereocenters. The highest BCUT2D eigenvalue weighted by Crippen LogP contribution is 2.76. The van der Waals surface area contributed by atoms with Gasteiger partial charge >= 0.3 is 11.9 Å². The first-order valence-electron chi connectivity index (χ1n) is 28.0. The fourth-order valence-corrected chi connectivity index (χ4v) is 16.5. The standard InChI is InChI=1S/C54H86O25/c1-49(47(69)71-6)13-15-54(48(70)79-45-41(68)38(65)34(61)27(20-57)75-45)16-14-52(4)23(24(54)17-49)7-8-30-50(2)11-10-31(51(3,22-58)29(50)9-12-53(30,52)5)77-46-42(78-44-40(67)37(64)33(60)26(19-56)74-44)35(62)28(21-72-46)76-43-39(66)36(63)32(59)25(18-55)73-43/h7,24-46,55-68H,8-22H2,1-6H3/t24-,25+,26+,27+,28+,29+,30+,31-,32+,33+,34+,35-,36-,37-,38-,39+,40+,41+,42+,43-,44-,45-,46-,49-,50-,51-,52+,53+,54-/m0/s1. The van der Waals surface area contributed by atoms with Crippen LogP contribution < -0.4 is 0 Å². The SMILES string of the molecule is COC(=O)[C@@]1(C)CC[C@]2(C(=O)O[C@@H]3O[C@H](CO)[C@@H](O)[C@H](O)[C@H]3O)CC[C@]3(C)C(=CC[C@@H]4[C@@]5(C)CC[C@H](O[C@@H]6OC[C@@H](O[C@@H]7O[C@H](CO)[C@@H](O)[C@H](O)[C@H]7O)[C@H](O)[C@H]6O[C@@H]6O[C@H](CO)[C@@H](O)[C@H](O)[C@H]6O)[C@@](C)(CO)[C@@H]5CC[C@]43C)[C@@H]2C1. The van der Waals surface area contributed by atoms with Gasteiger partial charge in [0.25, 0.3) is 0 Å². The van der Waals surface area contributed by atoms with Crippen LogP contribution in [0.5, 0.6) is 0 Å². The van der Waals surface area contributed by atoms with E-state index in [0.29, 0.717) is 51.4 Å². The minimum Gasteiger partial charge on any atom is -0.469 e. The van der Waals surface area contributed by atoms with Gasteiger partial charge in [-0.15, -0.1) is 0 Å². The van der Waals surface area contributed by atoms with E-state index >= 15 is 0 Å². The summed E-state index contributed by atoms with van der Waals surface area (Å²) in [6.07, 6.45) is -25.7. The monoisotopic (exact) mass is 1130 g/mol. The zero-order valence-electron chi connectivity index (χ0n) is 45.7. The molecule has 9 rings (SSSR count). The first kappa shape index (κ1) is 61.4. The van der Waals surface area contributed by atoms with Gasteiger partial charge in [-0.1, -0.05) is 39.3 Å². The van der Waals surface area contributed by atoms with Gasteiger partial charge in [0.2, 0.25) is 6.29 Å². The average Bonchev–Trinajstić information content (AvgIpc) is 3.58. The Bertz CT molecular complexity index is 2200. The number of fused-ring (bicyclic) bond motifs is 7. The van der Waals surface area contributed by atoms with E-state index in [1.807, 2.05) is 13.8 Å². The highest BCUT2D eigenvalue weighted by molar-refractivity contribution is 5.81. The molecular weight excluding hydrogens is 1050 g/mol. The fraction of sp³-hybridized carbons (Fsp3) is 0.926. The molecule has 4 saturated heterocycles. The van der Waals surface area contributed by atoms with Crippen molar-refractivity contribution in [1.29, 1.82) is 0 Å². The third kappa shape index (κ3) is 9.85. The molecule has 0 aromatic rings. The number of esters is 2. The lowest BCUT2D eigenvalue weighted by molar-refractivity contribution is -0.383. The molecule has 14 N–H and O–H groups in total. The molecule has 0 aromatic heterocycles. The summed E-state index contributed by atoms with van der Waals surface area (Å²) in [5.41, 5.74) is -3.49. The Morgan fingerprint density at radius 3 is 1.68 bits per heavy atom. The fourth-order valence-electron chi connectivity index (χ4n) is 16.5. The molecule has 25 heteroatoms. The molecule has 29 atom stereocenters. The molecule has 79 heavy (non-hydrogen) atoms. The van der Waals surface area contributed by atoms with Crippen molar-refractivity contribution in [2.75, 3.05) is 40.1 Å². The molecule has 25 nitrogen and oxygen atoms in total. The van der Waals surface area contributed by atoms with E-state index in [-0.39, 0.29) is 31.3 Å². The summed E-state index contributed by atoms with van der Waals surface area (Å²) in [6, 6.07) is 0. The first-order chi connectivity index (χ1) is 37.2. The lowest BCUT2D eigenvalue weighted by atomic mass is 9.33. The molecule has 4 aliphatic heterocycles. The number of hydrogen-bond acceptors (Lipinski definition) is 25. The summed E-state index contributed by atoms with van der Waals surface area (Å²) in [5, 5.41) is 149. The second kappa shape index (κ2) is 22.7. The molecule has 4 saturated carbocycles. The maximum Gasteiger partial charge on any atom is 0.315 e. The van der Waals surface area contributed by atoms with E-state index < -0.39 is 200 Å². The molecule has 0 bridgehead atoms. The van der Waals surface area contributed by atoms with Gasteiger partial charge < -0.3 is 114 Å². The van der Waals surface area contributed by atoms with E-state index in [4.69, 9.17) is 42.6 Å². The van der Waals surface area contributed by atoms with Crippen molar-refractivity contribution in [1.82, 2.24) is 0 Å². The van der Waals surface area contributed by atoms with Gasteiger partial charge in [0, 0.05) is 5.41 Å². The molecule has 8 fully saturated rings. The molecule has 0 aromatic carbocycles. The summed E-state index contributed by atoms with van der Waals surface area (Å²) < 4.78 is 53.4. The predicted molar refractivity (Wildman–Crippen MR) is 265 cm³/mol. The lowest BCUT2D eigenvalue weighted by Gasteiger charge is -2.71. The summed E-state index contributed by atoms with van der Waals surface area (Å²) in [4.78, 5) is 28.5. The number of carbonyl (C=O) groups excluding carboxylic acids is 2. The zero-order valence-corrected chi connectivity index (χ0v) is 45.7. The number of rotatable bonds is 13. The van der Waals surface area contributed by atoms with E-state index in [1.54, 1.807) is 0 Å². The van der Waals surface area contributed by atoms with Crippen molar-refractivity contribution < 1.29 is 124 Å². The molecule has 0 amide bonds. The highest BCUT2D eigenvalue weighted by atomic mass is 16.8. The average molecular weight is 1140 g/mol. The van der Waals surface area contributed by atoms with Crippen LogP contribution in [0.15, 0.2) is 11.6 Å². The van der Waals surface area contributed by atoms with Crippen molar-refractivity contribution in [3.63, 3.8) is 0 Å². The third-order valence-electron chi connectivity index (χ3n) is 21.7. The molecule has 4 heterocycles. The number of carbonyl (C=O) groups is 2. The van der Waals surface area contributed by atoms with Crippen LogP contribution in [0.3, 0.4) is 0 Å². The maximum absolute atomic E-state index is 14.9. The van der Waals surface area contributed by atoms with Crippen LogP contribution in [0.1, 0.15) is 98.8 Å². The molecular formula is C54H86O25. The van der Waals surface area contributed by atoms with Gasteiger partial charge in [-0.05, 0) is 105 Å². The van der Waals surface area contributed by atoms with Crippen LogP contribution in [0, 0.1) is 50.2 Å². The number of hydrogen-bond donors (Lipinski definition) is 14. The Hall–Kier alpha value is -2.16. The number of aliphatic hydroxyl groups is 14. The van der Waals surface area contributed by atoms with E-state index in [9.17, 15) is 81.1 Å². The van der Waals surface area contributed by atoms with E-state index in [1.165, 1.54) is 7.11 Å². The molecule has 9 aliphatic rings. The smallest absolute Gasteiger partial charge is 0.315 e. The Morgan fingerprint density at radius 2 is 1.13 bits per heavy atom. The predicted octanol–water partition coefficient (Wildman–Crippen LogP) is -3.27. The zero-order chi connectivity index (χ0) is 57.7. The Labute approximate surface area is 458 Å². The Balaban J connectivity index is 0.988. The van der Waals surface area contributed by atoms with Crippen molar-refractivity contribution in [3.8, 4) is 0 Å². The Kier molecular flexibility index (Phi) is 17.6. The van der Waals surface area contributed by atoms with Crippen molar-refractivity contribution in [2.45, 2.75) is 222 Å². The minimum absolute atomic E-state index is 0.0128. The number of allylic oxidation sites excluding steroid dienone is 2. The molecule has 0 spiro atoms. The second-order valence-electron chi connectivity index (χ2n) is 25.6. The van der Waals surface area contributed by atoms with Crippen LogP contribution in [-0.2, 0) is 52.2 Å². The van der Waals surface area contributed by atoms with Gasteiger partial charge in [0.15, 0.2) is 18.9 Å². The van der Waals surface area contributed by atoms with Gasteiger partial charge in [-0.25, -0.2) is 0 Å². The summed E-state index contributed by atoms with van der Waals surface area (Å²) in [5.74, 6) is -1.78. The summed E-state index contributed by atoms with van der Waals surface area (Å²) in [6.45, 7) is 7.52. The normalized spacial score (nSPS) is 53.8. The first-order valence-corrected chi connectivity index (χ1v) is 28.0. The largest absolute Gasteiger partial charge is 0.469 e. The summed E-state index contributed by atoms with van der Waals surface area (Å²) >= 11 is 0. The lowest BCUT2D eigenvalue weighted by Crippen LogP contribution is -2.67. The van der Waals surface area contributed by atoms with Gasteiger partial charge in [-0.3, -0.25) is 9.59 Å². The molecule has 452 valence electrons.